The van der Waals surface area contributed by atoms with E-state index in [0.717, 1.165) is 0 Å². The molecule has 2 rings (SSSR count). The van der Waals surface area contributed by atoms with Crippen LogP contribution in [0.25, 0.3) is 0 Å². The number of nitrogens with two attached hydrogens (primary N) is 2. The molecule has 0 radical (unpaired) electrons. The second-order valence-electron chi connectivity index (χ2n) is 7.42. The topological polar surface area (TPSA) is 206 Å². The number of rotatable bonds is 15. The molecule has 0 unspecified atom stereocenters. The van der Waals surface area contributed by atoms with E-state index in [4.69, 9.17) is 30.4 Å². The largest absolute Gasteiger partial charge is 0.493 e. The van der Waals surface area contributed by atoms with Crippen molar-refractivity contribution in [2.75, 3.05) is 27.4 Å². The monoisotopic (exact) mass is 528 g/mol. The van der Waals surface area contributed by atoms with Crippen LogP contribution in [0.3, 0.4) is 0 Å². The Kier molecular flexibility index (Phi) is 11.5. The van der Waals surface area contributed by atoms with E-state index in [-0.39, 0.29) is 26.1 Å². The highest BCUT2D eigenvalue weighted by Gasteiger charge is 2.09. The van der Waals surface area contributed by atoms with Crippen molar-refractivity contribution in [1.82, 2.24) is 10.9 Å². The highest BCUT2D eigenvalue weighted by molar-refractivity contribution is 5.87. The first-order chi connectivity index (χ1) is 18.2. The molecule has 0 saturated heterocycles. The average molecular weight is 529 g/mol. The van der Waals surface area contributed by atoms with E-state index in [9.17, 15) is 19.2 Å². The predicted octanol–water partition coefficient (Wildman–Crippen LogP) is -0.187. The number of hydrogen-bond donors (Lipinski definition) is 4. The summed E-state index contributed by atoms with van der Waals surface area (Å²) in [6.07, 6.45) is 2.51. The molecule has 0 heterocycles. The van der Waals surface area contributed by atoms with Gasteiger partial charge in [-0.15, -0.1) is 0 Å². The lowest BCUT2D eigenvalue weighted by atomic mass is 10.2. The first-order valence-electron chi connectivity index (χ1n) is 11.0. The molecule has 0 atom stereocenters. The number of benzene rings is 2. The lowest BCUT2D eigenvalue weighted by Gasteiger charge is -2.09. The Balaban J connectivity index is 1.78. The smallest absolute Gasteiger partial charge is 0.255 e. The summed E-state index contributed by atoms with van der Waals surface area (Å²) < 4.78 is 20.9. The summed E-state index contributed by atoms with van der Waals surface area (Å²) in [5.74, 6) is -0.856. The van der Waals surface area contributed by atoms with Crippen LogP contribution in [0.15, 0.2) is 46.6 Å². The summed E-state index contributed by atoms with van der Waals surface area (Å²) in [6.45, 7) is -0.592. The summed E-state index contributed by atoms with van der Waals surface area (Å²) >= 11 is 0. The molecule has 14 heteroatoms. The van der Waals surface area contributed by atoms with Crippen LogP contribution in [-0.4, -0.2) is 63.5 Å². The van der Waals surface area contributed by atoms with Gasteiger partial charge in [0.1, 0.15) is 0 Å². The molecule has 0 spiro atoms. The maximum atomic E-state index is 12.0. The summed E-state index contributed by atoms with van der Waals surface area (Å²) in [6, 6.07) is 9.59. The molecule has 14 nitrogen and oxygen atoms in total. The standard InChI is InChI=1S/C24H28N6O8/c1-35-19-9-15(3-5-17(19)37-13-21(25)31)11-27-29-23(33)7-8-24(34)30-28-12-16-4-6-18(20(10-16)36-2)38-14-22(26)32/h3-6,9-12H,7-8,13-14H2,1-2H3,(H2,25,31)(H2,26,32)(H,29,33)(H,30,34)/b27-11+,28-12+. The fraction of sp³-hybridized carbons (Fsp3) is 0.250. The molecular weight excluding hydrogens is 500 g/mol. The van der Waals surface area contributed by atoms with Gasteiger partial charge < -0.3 is 30.4 Å². The van der Waals surface area contributed by atoms with E-state index >= 15 is 0 Å². The van der Waals surface area contributed by atoms with Gasteiger partial charge in [-0.25, -0.2) is 10.9 Å². The summed E-state index contributed by atoms with van der Waals surface area (Å²) in [5.41, 5.74) is 15.9. The number of hydrogen-bond acceptors (Lipinski definition) is 10. The molecule has 0 aliphatic heterocycles. The van der Waals surface area contributed by atoms with Crippen LogP contribution in [0.2, 0.25) is 0 Å². The van der Waals surface area contributed by atoms with Gasteiger partial charge >= 0.3 is 0 Å². The lowest BCUT2D eigenvalue weighted by molar-refractivity contribution is -0.126. The Morgan fingerprint density at radius 3 is 1.45 bits per heavy atom. The normalized spacial score (nSPS) is 10.7. The first kappa shape index (κ1) is 29.1. The number of amides is 4. The quantitative estimate of drug-likeness (QED) is 0.180. The highest BCUT2D eigenvalue weighted by Crippen LogP contribution is 2.28. The van der Waals surface area contributed by atoms with E-state index < -0.39 is 23.6 Å². The summed E-state index contributed by atoms with van der Waals surface area (Å²) in [5, 5.41) is 7.69. The number of primary amides is 2. The summed E-state index contributed by atoms with van der Waals surface area (Å²) in [7, 11) is 2.86. The first-order valence-corrected chi connectivity index (χ1v) is 11.0. The Morgan fingerprint density at radius 2 is 1.11 bits per heavy atom. The van der Waals surface area contributed by atoms with Gasteiger partial charge in [0.15, 0.2) is 36.2 Å². The molecule has 0 bridgehead atoms. The van der Waals surface area contributed by atoms with Crippen molar-refractivity contribution in [3.05, 3.63) is 47.5 Å². The molecule has 202 valence electrons. The molecule has 0 fully saturated rings. The van der Waals surface area contributed by atoms with Crippen molar-refractivity contribution in [2.24, 2.45) is 21.7 Å². The van der Waals surface area contributed by atoms with Crippen LogP contribution >= 0.6 is 0 Å². The molecule has 0 aliphatic carbocycles. The van der Waals surface area contributed by atoms with E-state index in [2.05, 4.69) is 21.1 Å². The molecule has 2 aromatic rings. The van der Waals surface area contributed by atoms with E-state index in [1.54, 1.807) is 36.4 Å². The van der Waals surface area contributed by atoms with Crippen LogP contribution in [0.4, 0.5) is 0 Å². The van der Waals surface area contributed by atoms with Crippen LogP contribution in [0.5, 0.6) is 23.0 Å². The number of hydrazone groups is 2. The molecule has 0 aromatic heterocycles. The highest BCUT2D eigenvalue weighted by atomic mass is 16.5. The maximum absolute atomic E-state index is 12.0. The van der Waals surface area contributed by atoms with E-state index in [1.165, 1.54) is 26.6 Å². The van der Waals surface area contributed by atoms with Crippen molar-refractivity contribution in [3.63, 3.8) is 0 Å². The van der Waals surface area contributed by atoms with Crippen molar-refractivity contribution in [2.45, 2.75) is 12.8 Å². The Morgan fingerprint density at radius 1 is 0.711 bits per heavy atom. The SMILES string of the molecule is COc1cc(/C=N/NC(=O)CCC(=O)N/N=C/c2ccc(OCC(N)=O)c(OC)c2)ccc1OCC(N)=O. The number of nitrogens with one attached hydrogen (secondary N) is 2. The molecule has 4 amide bonds. The van der Waals surface area contributed by atoms with Gasteiger partial charge in [0.05, 0.1) is 26.6 Å². The molecule has 0 saturated carbocycles. The van der Waals surface area contributed by atoms with Gasteiger partial charge in [0.25, 0.3) is 11.8 Å². The van der Waals surface area contributed by atoms with Gasteiger partial charge in [-0.2, -0.15) is 10.2 Å². The third-order valence-electron chi connectivity index (χ3n) is 4.50. The Bertz CT molecular complexity index is 1120. The van der Waals surface area contributed by atoms with Gasteiger partial charge in [0.2, 0.25) is 11.8 Å². The number of ether oxygens (including phenoxy) is 4. The molecule has 38 heavy (non-hydrogen) atoms. The third-order valence-corrected chi connectivity index (χ3v) is 4.50. The average Bonchev–Trinajstić information content (AvgIpc) is 2.89. The molecular formula is C24H28N6O8. The van der Waals surface area contributed by atoms with Crippen molar-refractivity contribution in [3.8, 4) is 23.0 Å². The summed E-state index contributed by atoms with van der Waals surface area (Å²) in [4.78, 5) is 45.7. The minimum atomic E-state index is -0.624. The predicted molar refractivity (Wildman–Crippen MR) is 136 cm³/mol. The molecule has 0 aliphatic rings. The Labute approximate surface area is 217 Å². The number of methoxy groups -OCH3 is 2. The zero-order valence-electron chi connectivity index (χ0n) is 20.8. The lowest BCUT2D eigenvalue weighted by Crippen LogP contribution is -2.22. The second-order valence-corrected chi connectivity index (χ2v) is 7.42. The zero-order valence-corrected chi connectivity index (χ0v) is 20.8. The fourth-order valence-corrected chi connectivity index (χ4v) is 2.76. The third kappa shape index (κ3) is 10.2. The van der Waals surface area contributed by atoms with E-state index in [1.807, 2.05) is 0 Å². The van der Waals surface area contributed by atoms with Crippen LogP contribution in [0, 0.1) is 0 Å². The van der Waals surface area contributed by atoms with Gasteiger partial charge in [-0.1, -0.05) is 0 Å². The van der Waals surface area contributed by atoms with Crippen molar-refractivity contribution < 1.29 is 38.1 Å². The van der Waals surface area contributed by atoms with E-state index in [0.29, 0.717) is 34.1 Å². The van der Waals surface area contributed by atoms with Gasteiger partial charge in [0, 0.05) is 12.8 Å². The molecule has 2 aromatic carbocycles. The molecule has 6 N–H and O–H groups in total. The van der Waals surface area contributed by atoms with Crippen LogP contribution < -0.4 is 41.3 Å². The van der Waals surface area contributed by atoms with Crippen molar-refractivity contribution >= 4 is 36.1 Å². The number of nitrogens with zero attached hydrogens (tertiary/aromatic N) is 2. The van der Waals surface area contributed by atoms with Crippen LogP contribution in [-0.2, 0) is 19.2 Å². The fourth-order valence-electron chi connectivity index (χ4n) is 2.76. The van der Waals surface area contributed by atoms with Crippen LogP contribution in [0.1, 0.15) is 24.0 Å². The van der Waals surface area contributed by atoms with Gasteiger partial charge in [-0.05, 0) is 47.5 Å². The number of carbonyl (C=O) groups excluding carboxylic acids is 4. The Hall–Kier alpha value is -5.14. The zero-order chi connectivity index (χ0) is 27.9. The second kappa shape index (κ2) is 15.1. The minimum absolute atomic E-state index is 0.123. The van der Waals surface area contributed by atoms with Gasteiger partial charge in [-0.3, -0.25) is 19.2 Å². The maximum Gasteiger partial charge on any atom is 0.255 e. The minimum Gasteiger partial charge on any atom is -0.493 e. The number of carbonyl (C=O) groups is 4. The van der Waals surface area contributed by atoms with Crippen molar-refractivity contribution in [1.29, 1.82) is 0 Å².